The first kappa shape index (κ1) is 100. The molecule has 0 aliphatic heterocycles. The van der Waals surface area contributed by atoms with Gasteiger partial charge in [0.05, 0.1) is 26.4 Å². The van der Waals surface area contributed by atoms with Gasteiger partial charge in [-0.25, -0.2) is 9.13 Å². The summed E-state index contributed by atoms with van der Waals surface area (Å²) in [6, 6.07) is 0. The summed E-state index contributed by atoms with van der Waals surface area (Å²) in [5.74, 6) is 1.00. The maximum absolute atomic E-state index is 13.1. The number of esters is 4. The van der Waals surface area contributed by atoms with Crippen LogP contribution in [0.25, 0.3) is 0 Å². The highest BCUT2D eigenvalue weighted by Gasteiger charge is 2.30. The van der Waals surface area contributed by atoms with Crippen LogP contribution < -0.4 is 0 Å². The van der Waals surface area contributed by atoms with Gasteiger partial charge in [0.25, 0.3) is 0 Å². The minimum absolute atomic E-state index is 0.106. The number of carbonyl (C=O) groups is 4. The maximum atomic E-state index is 13.1. The number of aliphatic hydroxyl groups excluding tert-OH is 1. The van der Waals surface area contributed by atoms with Gasteiger partial charge in [0.2, 0.25) is 0 Å². The van der Waals surface area contributed by atoms with Crippen molar-refractivity contribution in [3.05, 3.63) is 0 Å². The molecule has 3 N–H and O–H groups in total. The Bertz CT molecular complexity index is 1990. The quantitative estimate of drug-likeness (QED) is 0.0222. The first-order valence-corrected chi connectivity index (χ1v) is 45.7. The van der Waals surface area contributed by atoms with E-state index in [4.69, 9.17) is 37.0 Å². The van der Waals surface area contributed by atoms with E-state index in [0.717, 1.165) is 114 Å². The average molecular weight is 1490 g/mol. The van der Waals surface area contributed by atoms with Crippen LogP contribution in [0.2, 0.25) is 0 Å². The van der Waals surface area contributed by atoms with Crippen LogP contribution in [0.4, 0.5) is 0 Å². The molecule has 0 aliphatic rings. The Morgan fingerprint density at radius 1 is 0.245 bits per heavy atom. The number of hydrogen-bond donors (Lipinski definition) is 3. The molecule has 606 valence electrons. The Morgan fingerprint density at radius 2 is 0.412 bits per heavy atom. The Balaban J connectivity index is 5.25. The number of unbranched alkanes of at least 4 members (excludes halogenated alkanes) is 46. The average Bonchev–Trinajstić information content (AvgIpc) is 0.954. The highest BCUT2D eigenvalue weighted by atomic mass is 31.2. The van der Waals surface area contributed by atoms with Gasteiger partial charge < -0.3 is 33.8 Å². The first-order chi connectivity index (χ1) is 49.1. The van der Waals surface area contributed by atoms with Crippen molar-refractivity contribution in [1.82, 2.24) is 0 Å². The van der Waals surface area contributed by atoms with Gasteiger partial charge in [-0.1, -0.05) is 376 Å². The van der Waals surface area contributed by atoms with Gasteiger partial charge in [0.1, 0.15) is 19.3 Å². The summed E-state index contributed by atoms with van der Waals surface area (Å²) in [6.45, 7) is 14.3. The van der Waals surface area contributed by atoms with E-state index in [1.165, 1.54) is 231 Å². The third kappa shape index (κ3) is 76.3. The number of carbonyl (C=O) groups excluding carboxylic acids is 4. The summed E-state index contributed by atoms with van der Waals surface area (Å²) in [6.07, 6.45) is 59.7. The normalized spacial score (nSPS) is 14.0. The summed E-state index contributed by atoms with van der Waals surface area (Å²) in [7, 11) is -9.93. The molecule has 2 unspecified atom stereocenters. The Hall–Kier alpha value is -1.94. The van der Waals surface area contributed by atoms with Gasteiger partial charge in [-0.05, 0) is 49.4 Å². The summed E-state index contributed by atoms with van der Waals surface area (Å²) in [5.41, 5.74) is 0. The van der Waals surface area contributed by atoms with Crippen molar-refractivity contribution in [1.29, 1.82) is 0 Å². The lowest BCUT2D eigenvalue weighted by Crippen LogP contribution is -2.30. The second-order valence-corrected chi connectivity index (χ2v) is 34.7. The number of phosphoric acid groups is 2. The van der Waals surface area contributed by atoms with Crippen molar-refractivity contribution in [2.45, 2.75) is 446 Å². The van der Waals surface area contributed by atoms with Crippen molar-refractivity contribution in [2.75, 3.05) is 39.6 Å². The highest BCUT2D eigenvalue weighted by molar-refractivity contribution is 7.47. The molecule has 0 fully saturated rings. The molecule has 0 aromatic rings. The molecule has 0 bridgehead atoms. The minimum Gasteiger partial charge on any atom is -0.462 e. The molecule has 0 aliphatic carbocycles. The largest absolute Gasteiger partial charge is 0.472 e. The van der Waals surface area contributed by atoms with Crippen LogP contribution >= 0.6 is 15.6 Å². The molecule has 19 heteroatoms. The van der Waals surface area contributed by atoms with Gasteiger partial charge in [0, 0.05) is 25.7 Å². The van der Waals surface area contributed by atoms with Crippen LogP contribution in [0.1, 0.15) is 428 Å². The van der Waals surface area contributed by atoms with Gasteiger partial charge in [-0.3, -0.25) is 37.3 Å². The van der Waals surface area contributed by atoms with E-state index in [-0.39, 0.29) is 25.7 Å². The molecule has 0 heterocycles. The van der Waals surface area contributed by atoms with Crippen LogP contribution in [0.3, 0.4) is 0 Å². The van der Waals surface area contributed by atoms with Crippen molar-refractivity contribution in [3.8, 4) is 0 Å². The Morgan fingerprint density at radius 3 is 0.608 bits per heavy atom. The minimum atomic E-state index is -4.96. The summed E-state index contributed by atoms with van der Waals surface area (Å²) < 4.78 is 68.8. The van der Waals surface area contributed by atoms with Crippen LogP contribution in [0, 0.1) is 23.7 Å². The molecule has 0 spiro atoms. The SMILES string of the molecule is CC(C)CCCCCCCCCCCCCCCCCCCCC(=O)O[C@H](COC(=O)CCCCCCCCCCCCCCC(C)C)COP(=O)(O)OC[C@@H](O)COP(=O)(O)OC[C@@H](COC(=O)CCCCCCCCCCCC(C)C)OC(=O)CCCCCCCCCCCCCC(C)C. The number of phosphoric ester groups is 2. The molecular formula is C83H162O17P2. The monoisotopic (exact) mass is 1490 g/mol. The van der Waals surface area contributed by atoms with E-state index in [0.29, 0.717) is 25.7 Å². The van der Waals surface area contributed by atoms with E-state index in [2.05, 4.69) is 55.4 Å². The third-order valence-electron chi connectivity index (χ3n) is 19.3. The topological polar surface area (TPSA) is 237 Å². The van der Waals surface area contributed by atoms with Crippen LogP contribution in [0.5, 0.6) is 0 Å². The van der Waals surface area contributed by atoms with E-state index < -0.39 is 97.5 Å². The van der Waals surface area contributed by atoms with Gasteiger partial charge in [0.15, 0.2) is 12.2 Å². The van der Waals surface area contributed by atoms with Crippen molar-refractivity contribution >= 4 is 39.5 Å². The van der Waals surface area contributed by atoms with Crippen molar-refractivity contribution in [3.63, 3.8) is 0 Å². The molecule has 102 heavy (non-hydrogen) atoms. The molecule has 0 rings (SSSR count). The Labute approximate surface area is 626 Å². The molecule has 5 atom stereocenters. The van der Waals surface area contributed by atoms with E-state index in [9.17, 15) is 43.2 Å². The molecule has 0 aromatic carbocycles. The van der Waals surface area contributed by atoms with Gasteiger partial charge in [-0.2, -0.15) is 0 Å². The maximum Gasteiger partial charge on any atom is 0.472 e. The highest BCUT2D eigenvalue weighted by Crippen LogP contribution is 2.45. The van der Waals surface area contributed by atoms with Crippen LogP contribution in [0.15, 0.2) is 0 Å². The fourth-order valence-corrected chi connectivity index (χ4v) is 14.4. The second kappa shape index (κ2) is 72.0. The zero-order valence-corrected chi connectivity index (χ0v) is 69.0. The second-order valence-electron chi connectivity index (χ2n) is 31.8. The zero-order chi connectivity index (χ0) is 75.3. The van der Waals surface area contributed by atoms with Crippen LogP contribution in [-0.4, -0.2) is 96.7 Å². The summed E-state index contributed by atoms with van der Waals surface area (Å²) in [4.78, 5) is 73.1. The smallest absolute Gasteiger partial charge is 0.462 e. The van der Waals surface area contributed by atoms with Crippen molar-refractivity contribution < 1.29 is 80.2 Å². The lowest BCUT2D eigenvalue weighted by atomic mass is 10.0. The zero-order valence-electron chi connectivity index (χ0n) is 67.2. The van der Waals surface area contributed by atoms with Gasteiger partial charge in [-0.15, -0.1) is 0 Å². The lowest BCUT2D eigenvalue weighted by molar-refractivity contribution is -0.161. The predicted octanol–water partition coefficient (Wildman–Crippen LogP) is 24.8. The van der Waals surface area contributed by atoms with Gasteiger partial charge >= 0.3 is 39.5 Å². The standard InChI is InChI=1S/C83H162O17P2/c1-73(2)59-51-43-35-27-20-15-13-11-9-10-12-14-16-24-32-41-49-57-65-82(87)99-78(69-93-80(85)63-55-47-39-31-23-18-17-21-28-36-44-52-60-74(3)4)71-97-101(89,90)95-67-77(84)68-96-102(91,92)98-72-79(70-94-81(86)64-56-48-40-34-26-30-38-46-54-62-76(7)8)100-83(88)66-58-50-42-33-25-19-22-29-37-45-53-61-75(5)6/h73-79,84H,9-72H2,1-8H3,(H,89,90)(H,91,92)/t77-,78-,79-/m1/s1. The third-order valence-corrected chi connectivity index (χ3v) is 21.2. The number of hydrogen-bond acceptors (Lipinski definition) is 15. The molecule has 0 radical (unpaired) electrons. The molecule has 0 saturated heterocycles. The Kier molecular flexibility index (Phi) is 70.6. The molecular weight excluding hydrogens is 1330 g/mol. The summed E-state index contributed by atoms with van der Waals surface area (Å²) in [5, 5.41) is 10.7. The van der Waals surface area contributed by atoms with Crippen molar-refractivity contribution in [2.24, 2.45) is 23.7 Å². The van der Waals surface area contributed by atoms with E-state index in [1.807, 2.05) is 0 Å². The molecule has 0 aromatic heterocycles. The predicted molar refractivity (Wildman–Crippen MR) is 418 cm³/mol. The van der Waals surface area contributed by atoms with Crippen LogP contribution in [-0.2, 0) is 65.4 Å². The molecule has 0 amide bonds. The molecule has 17 nitrogen and oxygen atoms in total. The summed E-state index contributed by atoms with van der Waals surface area (Å²) >= 11 is 0. The lowest BCUT2D eigenvalue weighted by Gasteiger charge is -2.21. The number of rotatable bonds is 80. The fourth-order valence-electron chi connectivity index (χ4n) is 12.8. The number of ether oxygens (including phenoxy) is 4. The van der Waals surface area contributed by atoms with E-state index in [1.54, 1.807) is 0 Å². The molecule has 0 saturated carbocycles. The fraction of sp³-hybridized carbons (Fsp3) is 0.952. The first-order valence-electron chi connectivity index (χ1n) is 42.7. The van der Waals surface area contributed by atoms with E-state index >= 15 is 0 Å². The number of aliphatic hydroxyl groups is 1.